The summed E-state index contributed by atoms with van der Waals surface area (Å²) in [7, 11) is 0. The fraction of sp³-hybridized carbons (Fsp3) is 0.0189. The quantitative estimate of drug-likeness (QED) is 0.167. The molecule has 0 bridgehead atoms. The van der Waals surface area contributed by atoms with E-state index in [-0.39, 0.29) is 5.57 Å². The molecule has 6 heteroatoms. The number of allylic oxidation sites excluding steroid dienone is 1. The summed E-state index contributed by atoms with van der Waals surface area (Å²) in [5.41, 5.74) is 10.9. The third kappa shape index (κ3) is 5.04. The molecule has 0 N–H and O–H groups in total. The largest absolute Gasteiger partial charge is 0.453 e. The molecule has 2 heterocycles. The van der Waals surface area contributed by atoms with Crippen molar-refractivity contribution < 1.29 is 9.47 Å². The molecule has 0 radical (unpaired) electrons. The Kier molecular flexibility index (Phi) is 7.72. The first-order valence-corrected chi connectivity index (χ1v) is 19.5. The Balaban J connectivity index is 1.31. The molecule has 0 aromatic heterocycles. The highest BCUT2D eigenvalue weighted by atomic mass is 16.5. The molecule has 0 saturated heterocycles. The fourth-order valence-corrected chi connectivity index (χ4v) is 9.26. The van der Waals surface area contributed by atoms with E-state index in [0.29, 0.717) is 5.57 Å². The lowest BCUT2D eigenvalue weighted by atomic mass is 9.58. The minimum absolute atomic E-state index is 0.0732. The lowest BCUT2D eigenvalue weighted by Crippen LogP contribution is -2.36. The van der Waals surface area contributed by atoms with E-state index >= 15 is 0 Å². The fourth-order valence-electron chi connectivity index (χ4n) is 9.26. The lowest BCUT2D eigenvalue weighted by molar-refractivity contribution is 0.477. The Bertz CT molecular complexity index is 2850. The summed E-state index contributed by atoms with van der Waals surface area (Å²) in [6, 6.07) is 70.9. The van der Waals surface area contributed by atoms with Crippen LogP contribution in [-0.2, 0) is 5.41 Å². The summed E-state index contributed by atoms with van der Waals surface area (Å²) in [5, 5.41) is 20.8. The number of anilines is 6. The smallest absolute Gasteiger partial charge is 0.151 e. The van der Waals surface area contributed by atoms with Crippen molar-refractivity contribution in [2.45, 2.75) is 5.41 Å². The molecule has 6 nitrogen and oxygen atoms in total. The number of benzene rings is 8. The first-order valence-electron chi connectivity index (χ1n) is 19.5. The Morgan fingerprint density at radius 3 is 1.20 bits per heavy atom. The summed E-state index contributed by atoms with van der Waals surface area (Å²) >= 11 is 0. The van der Waals surface area contributed by atoms with E-state index in [4.69, 9.17) is 9.47 Å². The molecule has 8 aromatic rings. The van der Waals surface area contributed by atoms with Crippen LogP contribution in [0.5, 0.6) is 23.0 Å². The highest BCUT2D eigenvalue weighted by Crippen LogP contribution is 2.59. The van der Waals surface area contributed by atoms with E-state index in [9.17, 15) is 10.5 Å². The summed E-state index contributed by atoms with van der Waals surface area (Å²) in [4.78, 5) is 4.57. The van der Waals surface area contributed by atoms with Gasteiger partial charge in [0.2, 0.25) is 0 Å². The van der Waals surface area contributed by atoms with Crippen molar-refractivity contribution in [2.75, 3.05) is 9.80 Å². The minimum Gasteiger partial charge on any atom is -0.453 e. The van der Waals surface area contributed by atoms with Crippen molar-refractivity contribution in [1.82, 2.24) is 0 Å². The van der Waals surface area contributed by atoms with Crippen LogP contribution in [0.4, 0.5) is 34.1 Å². The highest BCUT2D eigenvalue weighted by Gasteiger charge is 2.46. The van der Waals surface area contributed by atoms with Crippen molar-refractivity contribution in [3.63, 3.8) is 0 Å². The predicted octanol–water partition coefficient (Wildman–Crippen LogP) is 13.4. The second-order valence-electron chi connectivity index (χ2n) is 14.7. The maximum atomic E-state index is 10.4. The summed E-state index contributed by atoms with van der Waals surface area (Å²) in [6.07, 6.45) is 0. The van der Waals surface area contributed by atoms with Crippen LogP contribution in [0.2, 0.25) is 0 Å². The molecular weight excluding hydrogens is 725 g/mol. The van der Waals surface area contributed by atoms with Gasteiger partial charge in [-0.1, -0.05) is 127 Å². The van der Waals surface area contributed by atoms with Crippen LogP contribution in [0.15, 0.2) is 200 Å². The van der Waals surface area contributed by atoms with Gasteiger partial charge in [0.05, 0.1) is 28.2 Å². The van der Waals surface area contributed by atoms with Gasteiger partial charge in [-0.3, -0.25) is 0 Å². The molecule has 0 spiro atoms. The number of ether oxygens (including phenoxy) is 2. The highest BCUT2D eigenvalue weighted by molar-refractivity contribution is 5.96. The summed E-state index contributed by atoms with van der Waals surface area (Å²) in [6.45, 7) is 0. The first-order chi connectivity index (χ1) is 29.2. The SMILES string of the molecule is N#CC(C#N)=C1c2ccccc2C(c2ccccc2)(c2cc(N3c4ccccc4Oc4ccccc43)cc(N3c4ccccc4Oc4ccccc43)c2)c2ccccc21. The molecule has 0 fully saturated rings. The normalized spacial score (nSPS) is 15.3. The van der Waals surface area contributed by atoms with Gasteiger partial charge in [-0.05, 0) is 100 Å². The van der Waals surface area contributed by atoms with Crippen LogP contribution in [0.1, 0.15) is 33.4 Å². The monoisotopic (exact) mass is 756 g/mol. The van der Waals surface area contributed by atoms with Crippen molar-refractivity contribution >= 4 is 39.7 Å². The number of nitriles is 2. The molecule has 8 aromatic carbocycles. The van der Waals surface area contributed by atoms with Crippen molar-refractivity contribution in [2.24, 2.45) is 0 Å². The molecule has 2 aliphatic heterocycles. The third-order valence-corrected chi connectivity index (χ3v) is 11.6. The molecule has 276 valence electrons. The van der Waals surface area contributed by atoms with Gasteiger partial charge in [-0.15, -0.1) is 0 Å². The first kappa shape index (κ1) is 34.0. The molecule has 3 aliphatic rings. The Hall–Kier alpha value is -8.32. The van der Waals surface area contributed by atoms with E-state index in [2.05, 4.69) is 101 Å². The number of para-hydroxylation sites is 8. The average molecular weight is 757 g/mol. The van der Waals surface area contributed by atoms with Crippen molar-refractivity contribution in [1.29, 1.82) is 10.5 Å². The van der Waals surface area contributed by atoms with E-state index < -0.39 is 5.41 Å². The van der Waals surface area contributed by atoms with Crippen LogP contribution in [0, 0.1) is 22.7 Å². The lowest BCUT2D eigenvalue weighted by Gasteiger charge is -2.44. The molecular formula is C53H32N4O2. The van der Waals surface area contributed by atoms with Gasteiger partial charge in [0.1, 0.15) is 17.7 Å². The summed E-state index contributed by atoms with van der Waals surface area (Å²) < 4.78 is 13.1. The molecule has 0 unspecified atom stereocenters. The van der Waals surface area contributed by atoms with Crippen LogP contribution >= 0.6 is 0 Å². The minimum atomic E-state index is -0.921. The van der Waals surface area contributed by atoms with Gasteiger partial charge in [-0.2, -0.15) is 10.5 Å². The van der Waals surface area contributed by atoms with E-state index in [1.54, 1.807) is 0 Å². The van der Waals surface area contributed by atoms with Crippen LogP contribution in [0.3, 0.4) is 0 Å². The molecule has 11 rings (SSSR count). The topological polar surface area (TPSA) is 72.5 Å². The van der Waals surface area contributed by atoms with Gasteiger partial charge < -0.3 is 19.3 Å². The molecule has 59 heavy (non-hydrogen) atoms. The Morgan fingerprint density at radius 2 is 0.780 bits per heavy atom. The van der Waals surface area contributed by atoms with Crippen LogP contribution in [0.25, 0.3) is 5.57 Å². The predicted molar refractivity (Wildman–Crippen MR) is 232 cm³/mol. The maximum Gasteiger partial charge on any atom is 0.151 e. The van der Waals surface area contributed by atoms with Crippen molar-refractivity contribution in [3.05, 3.63) is 233 Å². The van der Waals surface area contributed by atoms with E-state index in [1.165, 1.54) is 0 Å². The van der Waals surface area contributed by atoms with E-state index in [0.717, 1.165) is 90.5 Å². The van der Waals surface area contributed by atoms with Gasteiger partial charge in [-0.25, -0.2) is 0 Å². The zero-order valence-electron chi connectivity index (χ0n) is 31.6. The number of rotatable bonds is 4. The molecule has 1 aliphatic carbocycles. The van der Waals surface area contributed by atoms with Gasteiger partial charge in [0, 0.05) is 16.9 Å². The zero-order chi connectivity index (χ0) is 39.5. The maximum absolute atomic E-state index is 10.4. The van der Waals surface area contributed by atoms with E-state index in [1.807, 2.05) is 115 Å². The Morgan fingerprint density at radius 1 is 0.407 bits per heavy atom. The zero-order valence-corrected chi connectivity index (χ0v) is 31.6. The number of hydrogen-bond acceptors (Lipinski definition) is 6. The van der Waals surface area contributed by atoms with Gasteiger partial charge in [0.15, 0.2) is 23.0 Å². The molecule has 0 atom stereocenters. The second-order valence-corrected chi connectivity index (χ2v) is 14.7. The van der Waals surface area contributed by atoms with Crippen LogP contribution in [-0.4, -0.2) is 0 Å². The number of nitrogens with zero attached hydrogens (tertiary/aromatic N) is 4. The number of fused-ring (bicyclic) bond motifs is 6. The van der Waals surface area contributed by atoms with Crippen molar-refractivity contribution in [3.8, 4) is 35.1 Å². The Labute approximate surface area is 341 Å². The van der Waals surface area contributed by atoms with Crippen LogP contribution < -0.4 is 19.3 Å². The molecule has 0 amide bonds. The number of hydrogen-bond donors (Lipinski definition) is 0. The third-order valence-electron chi connectivity index (χ3n) is 11.6. The van der Waals surface area contributed by atoms with Gasteiger partial charge >= 0.3 is 0 Å². The second kappa shape index (κ2) is 13.4. The molecule has 0 saturated carbocycles. The summed E-state index contributed by atoms with van der Waals surface area (Å²) in [5.74, 6) is 3.01. The average Bonchev–Trinajstić information content (AvgIpc) is 3.30. The standard InChI is InChI=1S/C53H32N4O2/c54-33-35(34-55)52-40-18-4-6-20-42(40)53(36-16-2-1-3-17-36,43-21-7-5-19-41(43)52)37-30-38(56-44-22-8-12-26-48(44)58-49-27-13-9-23-45(49)56)32-39(31-37)57-46-24-10-14-28-50(46)59-51-29-15-11-25-47(51)57/h1-32H. The van der Waals surface area contributed by atoms with Gasteiger partial charge in [0.25, 0.3) is 0 Å².